The van der Waals surface area contributed by atoms with E-state index < -0.39 is 0 Å². The summed E-state index contributed by atoms with van der Waals surface area (Å²) in [7, 11) is 2.08. The summed E-state index contributed by atoms with van der Waals surface area (Å²) in [6.07, 6.45) is 0. The van der Waals surface area contributed by atoms with E-state index in [0.717, 1.165) is 18.7 Å². The molecule has 2 nitrogen and oxygen atoms in total. The van der Waals surface area contributed by atoms with Gasteiger partial charge in [-0.1, -0.05) is 35.3 Å². The number of halogens is 3. The summed E-state index contributed by atoms with van der Waals surface area (Å²) < 4.78 is 1.69. The maximum Gasteiger partial charge on any atom is 0.107 e. The molecule has 0 aliphatic rings. The standard InChI is InChI=1S/C15H17BrCl2N2S/c1-9(10-3-5-11(17)6-4-10)20(2)13(8-19)14-7-12(16)15(18)21-14/h3-7,9,13H,8,19H2,1-2H3. The van der Waals surface area contributed by atoms with Gasteiger partial charge in [0.15, 0.2) is 0 Å². The minimum atomic E-state index is 0.129. The molecule has 2 N–H and O–H groups in total. The van der Waals surface area contributed by atoms with Crippen molar-refractivity contribution in [1.29, 1.82) is 0 Å². The molecule has 0 amide bonds. The van der Waals surface area contributed by atoms with Gasteiger partial charge in [0.05, 0.1) is 6.04 Å². The molecule has 2 unspecified atom stereocenters. The van der Waals surface area contributed by atoms with Crippen molar-refractivity contribution in [3.63, 3.8) is 0 Å². The van der Waals surface area contributed by atoms with Crippen molar-refractivity contribution in [2.45, 2.75) is 19.0 Å². The van der Waals surface area contributed by atoms with Gasteiger partial charge < -0.3 is 5.73 Å². The van der Waals surface area contributed by atoms with E-state index in [0.29, 0.717) is 6.54 Å². The molecule has 0 fully saturated rings. The Bertz CT molecular complexity index is 581. The zero-order valence-electron chi connectivity index (χ0n) is 11.8. The molecule has 2 atom stereocenters. The number of hydrogen-bond acceptors (Lipinski definition) is 3. The molecule has 1 aromatic heterocycles. The van der Waals surface area contributed by atoms with Crippen molar-refractivity contribution in [3.8, 4) is 0 Å². The first kappa shape index (κ1) is 17.3. The van der Waals surface area contributed by atoms with E-state index in [-0.39, 0.29) is 12.1 Å². The van der Waals surface area contributed by atoms with E-state index in [2.05, 4.69) is 40.9 Å². The molecule has 114 valence electrons. The predicted octanol–water partition coefficient (Wildman–Crippen LogP) is 5.51. The highest BCUT2D eigenvalue weighted by molar-refractivity contribution is 9.10. The van der Waals surface area contributed by atoms with Gasteiger partial charge >= 0.3 is 0 Å². The fraction of sp³-hybridized carbons (Fsp3) is 0.333. The Kier molecular flexibility index (Phi) is 6.12. The first-order valence-corrected chi connectivity index (χ1v) is 8.92. The van der Waals surface area contributed by atoms with Crippen LogP contribution in [0, 0.1) is 0 Å². The summed E-state index contributed by atoms with van der Waals surface area (Å²) >= 11 is 17.1. The molecule has 6 heteroatoms. The lowest BCUT2D eigenvalue weighted by atomic mass is 10.0. The predicted molar refractivity (Wildman–Crippen MR) is 96.5 cm³/mol. The Morgan fingerprint density at radius 2 is 1.90 bits per heavy atom. The van der Waals surface area contributed by atoms with Crippen molar-refractivity contribution in [2.75, 3.05) is 13.6 Å². The maximum absolute atomic E-state index is 6.15. The van der Waals surface area contributed by atoms with Gasteiger partial charge in [0.2, 0.25) is 0 Å². The molecule has 2 rings (SSSR count). The molecule has 0 saturated heterocycles. The van der Waals surface area contributed by atoms with Gasteiger partial charge in [0, 0.05) is 27.0 Å². The number of nitrogens with two attached hydrogens (primary N) is 1. The number of thiophene rings is 1. The van der Waals surface area contributed by atoms with Gasteiger partial charge in [-0.05, 0) is 53.7 Å². The van der Waals surface area contributed by atoms with Crippen LogP contribution < -0.4 is 5.73 Å². The van der Waals surface area contributed by atoms with Gasteiger partial charge in [-0.15, -0.1) is 11.3 Å². The van der Waals surface area contributed by atoms with Crippen LogP contribution in [0.1, 0.15) is 29.4 Å². The Balaban J connectivity index is 2.23. The number of likely N-dealkylation sites (N-methyl/N-ethyl adjacent to an activating group) is 1. The van der Waals surface area contributed by atoms with Crippen LogP contribution in [0.15, 0.2) is 34.8 Å². The van der Waals surface area contributed by atoms with Crippen LogP contribution in [0.5, 0.6) is 0 Å². The second-order valence-electron chi connectivity index (χ2n) is 4.91. The topological polar surface area (TPSA) is 29.3 Å². The van der Waals surface area contributed by atoms with Crippen molar-refractivity contribution >= 4 is 50.5 Å². The van der Waals surface area contributed by atoms with Gasteiger partial charge in [-0.2, -0.15) is 0 Å². The SMILES string of the molecule is CC(c1ccc(Cl)cc1)N(C)C(CN)c1cc(Br)c(Cl)s1. The van der Waals surface area contributed by atoms with Crippen LogP contribution in [0.2, 0.25) is 9.36 Å². The lowest BCUT2D eigenvalue weighted by Crippen LogP contribution is -2.32. The molecular weight excluding hydrogens is 391 g/mol. The highest BCUT2D eigenvalue weighted by Gasteiger charge is 2.23. The summed E-state index contributed by atoms with van der Waals surface area (Å²) in [6.45, 7) is 2.70. The first-order valence-electron chi connectivity index (χ1n) is 6.56. The third-order valence-corrected chi connectivity index (χ3v) is 6.50. The zero-order chi connectivity index (χ0) is 15.6. The Hall–Kier alpha value is -0.100. The summed E-state index contributed by atoms with van der Waals surface area (Å²) in [5, 5.41) is 0.748. The molecule has 2 aromatic rings. The molecule has 0 aliphatic carbocycles. The largest absolute Gasteiger partial charge is 0.329 e. The van der Waals surface area contributed by atoms with Crippen molar-refractivity contribution in [3.05, 3.63) is 54.6 Å². The number of rotatable bonds is 5. The zero-order valence-corrected chi connectivity index (χ0v) is 15.7. The van der Waals surface area contributed by atoms with E-state index in [4.69, 9.17) is 28.9 Å². The van der Waals surface area contributed by atoms with Gasteiger partial charge in [-0.3, -0.25) is 4.90 Å². The normalized spacial score (nSPS) is 14.4. The highest BCUT2D eigenvalue weighted by atomic mass is 79.9. The molecule has 21 heavy (non-hydrogen) atoms. The van der Waals surface area contributed by atoms with Crippen molar-refractivity contribution < 1.29 is 0 Å². The Morgan fingerprint density at radius 3 is 2.38 bits per heavy atom. The minimum Gasteiger partial charge on any atom is -0.329 e. The fourth-order valence-corrected chi connectivity index (χ4v) is 4.28. The summed E-state index contributed by atoms with van der Waals surface area (Å²) in [6, 6.07) is 10.3. The van der Waals surface area contributed by atoms with Crippen LogP contribution >= 0.6 is 50.5 Å². The van der Waals surface area contributed by atoms with E-state index in [1.54, 1.807) is 11.3 Å². The quantitative estimate of drug-likeness (QED) is 0.707. The van der Waals surface area contributed by atoms with Crippen molar-refractivity contribution in [2.24, 2.45) is 5.73 Å². The van der Waals surface area contributed by atoms with E-state index in [1.807, 2.05) is 24.3 Å². The number of hydrogen-bond donors (Lipinski definition) is 1. The maximum atomic E-state index is 6.15. The molecule has 0 spiro atoms. The van der Waals surface area contributed by atoms with Gasteiger partial charge in [0.25, 0.3) is 0 Å². The fourth-order valence-electron chi connectivity index (χ4n) is 2.26. The van der Waals surface area contributed by atoms with Gasteiger partial charge in [0.1, 0.15) is 4.34 Å². The number of nitrogens with zero attached hydrogens (tertiary/aromatic N) is 1. The highest BCUT2D eigenvalue weighted by Crippen LogP contribution is 2.38. The van der Waals surface area contributed by atoms with Crippen LogP contribution in [0.4, 0.5) is 0 Å². The molecule has 1 heterocycles. The molecular formula is C15H17BrCl2N2S. The third-order valence-electron chi connectivity index (χ3n) is 3.67. The molecule has 0 radical (unpaired) electrons. The van der Waals surface area contributed by atoms with Crippen LogP contribution in [0.25, 0.3) is 0 Å². The second kappa shape index (κ2) is 7.44. The average molecular weight is 408 g/mol. The third kappa shape index (κ3) is 4.01. The Labute approximate surface area is 148 Å². The number of benzene rings is 1. The molecule has 0 saturated carbocycles. The summed E-state index contributed by atoms with van der Waals surface area (Å²) in [4.78, 5) is 3.43. The van der Waals surface area contributed by atoms with Crippen LogP contribution in [-0.2, 0) is 0 Å². The Morgan fingerprint density at radius 1 is 1.29 bits per heavy atom. The van der Waals surface area contributed by atoms with E-state index >= 15 is 0 Å². The molecule has 0 aliphatic heterocycles. The lowest BCUT2D eigenvalue weighted by molar-refractivity contribution is 0.193. The minimum absolute atomic E-state index is 0.129. The monoisotopic (exact) mass is 406 g/mol. The van der Waals surface area contributed by atoms with Crippen LogP contribution in [0.3, 0.4) is 0 Å². The van der Waals surface area contributed by atoms with Gasteiger partial charge in [-0.25, -0.2) is 0 Å². The molecule has 0 bridgehead atoms. The van der Waals surface area contributed by atoms with E-state index in [1.165, 1.54) is 5.56 Å². The average Bonchev–Trinajstić information content (AvgIpc) is 2.79. The summed E-state index contributed by atoms with van der Waals surface area (Å²) in [5.41, 5.74) is 7.20. The smallest absolute Gasteiger partial charge is 0.107 e. The lowest BCUT2D eigenvalue weighted by Gasteiger charge is -2.32. The van der Waals surface area contributed by atoms with E-state index in [9.17, 15) is 0 Å². The first-order chi connectivity index (χ1) is 9.93. The van der Waals surface area contributed by atoms with Crippen molar-refractivity contribution in [1.82, 2.24) is 4.90 Å². The second-order valence-corrected chi connectivity index (χ2v) is 7.89. The molecule has 1 aromatic carbocycles. The van der Waals surface area contributed by atoms with Crippen LogP contribution in [-0.4, -0.2) is 18.5 Å². The summed E-state index contributed by atoms with van der Waals surface area (Å²) in [5.74, 6) is 0.